The quantitative estimate of drug-likeness (QED) is 0.495. The maximum atomic E-state index is 12.3. The van der Waals surface area contributed by atoms with Crippen molar-refractivity contribution in [3.8, 4) is 0 Å². The van der Waals surface area contributed by atoms with E-state index in [0.29, 0.717) is 11.1 Å². The highest BCUT2D eigenvalue weighted by molar-refractivity contribution is 6.21. The molecule has 3 rings (SSSR count). The first-order chi connectivity index (χ1) is 14.9. The van der Waals surface area contributed by atoms with Gasteiger partial charge >= 0.3 is 5.97 Å². The van der Waals surface area contributed by atoms with E-state index >= 15 is 0 Å². The fraction of sp³-hybridized carbons (Fsp3) is 0.333. The number of nitrogens with zero attached hydrogens (tertiary/aromatic N) is 1. The van der Waals surface area contributed by atoms with E-state index in [1.54, 1.807) is 24.3 Å². The Kier molecular flexibility index (Phi) is 7.18. The van der Waals surface area contributed by atoms with E-state index in [2.05, 4.69) is 12.2 Å². The molecule has 0 bridgehead atoms. The molecule has 0 fully saturated rings. The van der Waals surface area contributed by atoms with Crippen LogP contribution < -0.4 is 5.32 Å². The van der Waals surface area contributed by atoms with E-state index < -0.39 is 5.97 Å². The summed E-state index contributed by atoms with van der Waals surface area (Å²) in [4.78, 5) is 49.7. The number of fused-ring (bicyclic) bond motifs is 1. The number of hydrogen-bond donors (Lipinski definition) is 1. The Morgan fingerprint density at radius 1 is 1.00 bits per heavy atom. The fourth-order valence-corrected chi connectivity index (χ4v) is 3.45. The lowest BCUT2D eigenvalue weighted by atomic mass is 10.1. The molecule has 7 heteroatoms. The SMILES string of the molecule is CCc1ccc([C@@H](C)NC(=O)COC(=O)CCCN2C(=O)c3ccccc3C2=O)cc1. The summed E-state index contributed by atoms with van der Waals surface area (Å²) in [5, 5.41) is 2.80. The average Bonchev–Trinajstić information content (AvgIpc) is 3.02. The highest BCUT2D eigenvalue weighted by Crippen LogP contribution is 2.22. The van der Waals surface area contributed by atoms with E-state index in [4.69, 9.17) is 4.74 Å². The molecular formula is C24H26N2O5. The summed E-state index contributed by atoms with van der Waals surface area (Å²) < 4.78 is 5.02. The minimum Gasteiger partial charge on any atom is -0.456 e. The normalized spacial score (nSPS) is 13.7. The first kappa shape index (κ1) is 22.2. The van der Waals surface area contributed by atoms with Crippen molar-refractivity contribution in [3.63, 3.8) is 0 Å². The largest absolute Gasteiger partial charge is 0.456 e. The molecule has 1 aliphatic rings. The molecule has 1 aliphatic heterocycles. The molecule has 1 N–H and O–H groups in total. The third-order valence-electron chi connectivity index (χ3n) is 5.27. The third-order valence-corrected chi connectivity index (χ3v) is 5.27. The number of aryl methyl sites for hydroxylation is 1. The van der Waals surface area contributed by atoms with Crippen molar-refractivity contribution in [1.29, 1.82) is 0 Å². The van der Waals surface area contributed by atoms with Crippen LogP contribution in [0.5, 0.6) is 0 Å². The summed E-state index contributed by atoms with van der Waals surface area (Å²) in [5.41, 5.74) is 2.95. The summed E-state index contributed by atoms with van der Waals surface area (Å²) in [6.07, 6.45) is 1.23. The van der Waals surface area contributed by atoms with Gasteiger partial charge in [0.15, 0.2) is 6.61 Å². The summed E-state index contributed by atoms with van der Waals surface area (Å²) >= 11 is 0. The van der Waals surface area contributed by atoms with Crippen molar-refractivity contribution in [2.45, 2.75) is 39.2 Å². The molecule has 7 nitrogen and oxygen atoms in total. The zero-order chi connectivity index (χ0) is 22.4. The smallest absolute Gasteiger partial charge is 0.306 e. The van der Waals surface area contributed by atoms with Crippen molar-refractivity contribution in [3.05, 3.63) is 70.8 Å². The van der Waals surface area contributed by atoms with Gasteiger partial charge in [-0.1, -0.05) is 43.3 Å². The van der Waals surface area contributed by atoms with E-state index in [1.165, 1.54) is 5.56 Å². The topological polar surface area (TPSA) is 92.8 Å². The molecule has 162 valence electrons. The first-order valence-corrected chi connectivity index (χ1v) is 10.4. The molecule has 0 aromatic heterocycles. The zero-order valence-corrected chi connectivity index (χ0v) is 17.7. The van der Waals surface area contributed by atoms with Crippen LogP contribution in [-0.2, 0) is 20.7 Å². The number of esters is 1. The molecule has 31 heavy (non-hydrogen) atoms. The molecule has 1 heterocycles. The van der Waals surface area contributed by atoms with Gasteiger partial charge in [0, 0.05) is 13.0 Å². The van der Waals surface area contributed by atoms with Crippen molar-refractivity contribution < 1.29 is 23.9 Å². The second-order valence-electron chi connectivity index (χ2n) is 7.46. The number of ether oxygens (including phenoxy) is 1. The van der Waals surface area contributed by atoms with Crippen LogP contribution in [-0.4, -0.2) is 41.7 Å². The summed E-state index contributed by atoms with van der Waals surface area (Å²) in [6.45, 7) is 3.69. The van der Waals surface area contributed by atoms with Crippen LogP contribution in [0, 0.1) is 0 Å². The summed E-state index contributed by atoms with van der Waals surface area (Å²) in [7, 11) is 0. The van der Waals surface area contributed by atoms with Crippen LogP contribution in [0.4, 0.5) is 0 Å². The zero-order valence-electron chi connectivity index (χ0n) is 17.7. The molecule has 2 aromatic carbocycles. The van der Waals surface area contributed by atoms with Crippen LogP contribution >= 0.6 is 0 Å². The lowest BCUT2D eigenvalue weighted by Crippen LogP contribution is -2.32. The summed E-state index contributed by atoms with van der Waals surface area (Å²) in [5.74, 6) is -1.64. The Labute approximate surface area is 181 Å². The lowest BCUT2D eigenvalue weighted by molar-refractivity contribution is -0.148. The van der Waals surface area contributed by atoms with Gasteiger partial charge in [-0.15, -0.1) is 0 Å². The number of imide groups is 1. The maximum absolute atomic E-state index is 12.3. The van der Waals surface area contributed by atoms with Gasteiger partial charge in [-0.25, -0.2) is 0 Å². The van der Waals surface area contributed by atoms with Crippen LogP contribution in [0.15, 0.2) is 48.5 Å². The molecule has 0 saturated heterocycles. The number of carbonyl (C=O) groups is 4. The predicted molar refractivity (Wildman–Crippen MR) is 114 cm³/mol. The lowest BCUT2D eigenvalue weighted by Gasteiger charge is -2.15. The number of carbonyl (C=O) groups excluding carboxylic acids is 4. The standard InChI is InChI=1S/C24H26N2O5/c1-3-17-10-12-18(13-11-17)16(2)25-21(27)15-31-22(28)9-6-14-26-23(29)19-7-4-5-8-20(19)24(26)30/h4-5,7-8,10-13,16H,3,6,9,14-15H2,1-2H3,(H,25,27)/t16-/m1/s1. The molecule has 1 atom stereocenters. The first-order valence-electron chi connectivity index (χ1n) is 10.4. The van der Waals surface area contributed by atoms with Crippen LogP contribution in [0.2, 0.25) is 0 Å². The van der Waals surface area contributed by atoms with E-state index in [1.807, 2.05) is 31.2 Å². The Balaban J connectivity index is 1.38. The summed E-state index contributed by atoms with van der Waals surface area (Å²) in [6, 6.07) is 14.4. The minimum absolute atomic E-state index is 0.00865. The van der Waals surface area contributed by atoms with Crippen molar-refractivity contribution >= 4 is 23.7 Å². The van der Waals surface area contributed by atoms with Crippen molar-refractivity contribution in [1.82, 2.24) is 10.2 Å². The number of hydrogen-bond acceptors (Lipinski definition) is 5. The van der Waals surface area contributed by atoms with Crippen molar-refractivity contribution in [2.75, 3.05) is 13.2 Å². The highest BCUT2D eigenvalue weighted by atomic mass is 16.5. The Morgan fingerprint density at radius 2 is 1.61 bits per heavy atom. The minimum atomic E-state index is -0.549. The maximum Gasteiger partial charge on any atom is 0.306 e. The monoisotopic (exact) mass is 422 g/mol. The van der Waals surface area contributed by atoms with E-state index in [-0.39, 0.29) is 49.8 Å². The molecule has 0 unspecified atom stereocenters. The fourth-order valence-electron chi connectivity index (χ4n) is 3.45. The number of benzene rings is 2. The van der Waals surface area contributed by atoms with Crippen LogP contribution in [0.25, 0.3) is 0 Å². The second-order valence-corrected chi connectivity index (χ2v) is 7.46. The Hall–Kier alpha value is -3.48. The van der Waals surface area contributed by atoms with E-state index in [9.17, 15) is 19.2 Å². The van der Waals surface area contributed by atoms with Gasteiger partial charge in [0.2, 0.25) is 0 Å². The van der Waals surface area contributed by atoms with Gasteiger partial charge < -0.3 is 10.1 Å². The molecule has 0 radical (unpaired) electrons. The Bertz CT molecular complexity index is 949. The second kappa shape index (κ2) is 10.0. The molecular weight excluding hydrogens is 396 g/mol. The average molecular weight is 422 g/mol. The molecule has 3 amide bonds. The number of rotatable bonds is 9. The van der Waals surface area contributed by atoms with Gasteiger partial charge in [0.05, 0.1) is 17.2 Å². The molecule has 0 saturated carbocycles. The number of nitrogens with one attached hydrogen (secondary N) is 1. The Morgan fingerprint density at radius 3 is 2.19 bits per heavy atom. The van der Waals surface area contributed by atoms with Crippen LogP contribution in [0.3, 0.4) is 0 Å². The molecule has 0 spiro atoms. The molecule has 2 aromatic rings. The van der Waals surface area contributed by atoms with Gasteiger partial charge in [0.1, 0.15) is 0 Å². The van der Waals surface area contributed by atoms with Crippen molar-refractivity contribution in [2.24, 2.45) is 0 Å². The predicted octanol–water partition coefficient (Wildman–Crippen LogP) is 3.05. The van der Waals surface area contributed by atoms with Crippen LogP contribution in [0.1, 0.15) is 64.6 Å². The van der Waals surface area contributed by atoms with Gasteiger partial charge in [-0.3, -0.25) is 24.1 Å². The highest BCUT2D eigenvalue weighted by Gasteiger charge is 2.34. The molecule has 0 aliphatic carbocycles. The van der Waals surface area contributed by atoms with Gasteiger partial charge in [-0.05, 0) is 43.0 Å². The third kappa shape index (κ3) is 5.36. The number of amides is 3. The van der Waals surface area contributed by atoms with E-state index in [0.717, 1.165) is 16.9 Å². The van der Waals surface area contributed by atoms with Gasteiger partial charge in [0.25, 0.3) is 17.7 Å². The van der Waals surface area contributed by atoms with Gasteiger partial charge in [-0.2, -0.15) is 0 Å².